The van der Waals surface area contributed by atoms with Crippen molar-refractivity contribution >= 4 is 27.9 Å². The van der Waals surface area contributed by atoms with Crippen LogP contribution in [0.15, 0.2) is 51.8 Å². The molecule has 18 heavy (non-hydrogen) atoms. The fourth-order valence-corrected chi connectivity index (χ4v) is 1.65. The molecule has 0 radical (unpaired) electrons. The number of carbonyl (C=O) groups excluding carboxylic acids is 1. The van der Waals surface area contributed by atoms with Gasteiger partial charge in [-0.15, -0.1) is 0 Å². The van der Waals surface area contributed by atoms with Crippen LogP contribution < -0.4 is 5.32 Å². The van der Waals surface area contributed by atoms with Crippen molar-refractivity contribution in [1.29, 1.82) is 0 Å². The van der Waals surface area contributed by atoms with Crippen LogP contribution in [0.2, 0.25) is 0 Å². The summed E-state index contributed by atoms with van der Waals surface area (Å²) in [6.07, 6.45) is 6.46. The van der Waals surface area contributed by atoms with Crippen molar-refractivity contribution in [2.75, 3.05) is 0 Å². The standard InChI is InChI=1S/C13H11BrN2O2/c14-12-5-3-11(18-12)4-6-13(17)16-9-10-2-1-7-15-8-10/h1-8H,9H2,(H,16,17)/b6-4+. The second-order valence-corrected chi connectivity index (χ2v) is 4.34. The number of pyridine rings is 1. The van der Waals surface area contributed by atoms with Crippen LogP contribution >= 0.6 is 15.9 Å². The van der Waals surface area contributed by atoms with Crippen LogP contribution in [0.1, 0.15) is 11.3 Å². The molecule has 2 heterocycles. The lowest BCUT2D eigenvalue weighted by atomic mass is 10.3. The van der Waals surface area contributed by atoms with E-state index >= 15 is 0 Å². The number of furan rings is 1. The van der Waals surface area contributed by atoms with Crippen molar-refractivity contribution in [2.45, 2.75) is 6.54 Å². The lowest BCUT2D eigenvalue weighted by Gasteiger charge is -2.00. The van der Waals surface area contributed by atoms with Crippen LogP contribution in [0.3, 0.4) is 0 Å². The smallest absolute Gasteiger partial charge is 0.244 e. The van der Waals surface area contributed by atoms with Crippen LogP contribution in [0.25, 0.3) is 6.08 Å². The topological polar surface area (TPSA) is 55.1 Å². The maximum Gasteiger partial charge on any atom is 0.244 e. The number of nitrogens with zero attached hydrogens (tertiary/aromatic N) is 1. The van der Waals surface area contributed by atoms with Gasteiger partial charge in [0.1, 0.15) is 5.76 Å². The van der Waals surface area contributed by atoms with E-state index in [1.54, 1.807) is 30.6 Å². The fourth-order valence-electron chi connectivity index (χ4n) is 1.33. The molecule has 0 atom stereocenters. The Bertz CT molecular complexity index is 549. The summed E-state index contributed by atoms with van der Waals surface area (Å²) < 4.78 is 5.87. The van der Waals surface area contributed by atoms with Gasteiger partial charge >= 0.3 is 0 Å². The molecule has 2 aromatic rings. The summed E-state index contributed by atoms with van der Waals surface area (Å²) in [6.45, 7) is 0.457. The molecule has 0 unspecified atom stereocenters. The van der Waals surface area contributed by atoms with Crippen molar-refractivity contribution in [3.05, 3.63) is 58.7 Å². The molecule has 1 N–H and O–H groups in total. The van der Waals surface area contributed by atoms with Crippen molar-refractivity contribution in [1.82, 2.24) is 10.3 Å². The highest BCUT2D eigenvalue weighted by Crippen LogP contribution is 2.14. The molecule has 2 aromatic heterocycles. The van der Waals surface area contributed by atoms with E-state index in [1.807, 2.05) is 12.1 Å². The van der Waals surface area contributed by atoms with Gasteiger partial charge in [0, 0.05) is 25.0 Å². The highest BCUT2D eigenvalue weighted by Gasteiger charge is 1.98. The Morgan fingerprint density at radius 1 is 1.44 bits per heavy atom. The Hall–Kier alpha value is -1.88. The monoisotopic (exact) mass is 306 g/mol. The number of carbonyl (C=O) groups is 1. The Morgan fingerprint density at radius 3 is 3.00 bits per heavy atom. The van der Waals surface area contributed by atoms with Gasteiger partial charge in [-0.3, -0.25) is 9.78 Å². The highest BCUT2D eigenvalue weighted by molar-refractivity contribution is 9.10. The van der Waals surface area contributed by atoms with Crippen LogP contribution in [0.5, 0.6) is 0 Å². The van der Waals surface area contributed by atoms with E-state index in [2.05, 4.69) is 26.2 Å². The molecule has 0 saturated carbocycles. The third-order valence-corrected chi connectivity index (χ3v) is 2.61. The Morgan fingerprint density at radius 2 is 2.33 bits per heavy atom. The molecule has 92 valence electrons. The van der Waals surface area contributed by atoms with Gasteiger partial charge in [0.15, 0.2) is 4.67 Å². The van der Waals surface area contributed by atoms with Crippen LogP contribution in [-0.2, 0) is 11.3 Å². The first kappa shape index (κ1) is 12.6. The number of hydrogen-bond acceptors (Lipinski definition) is 3. The molecule has 5 heteroatoms. The third kappa shape index (κ3) is 3.85. The maximum atomic E-state index is 11.5. The largest absolute Gasteiger partial charge is 0.450 e. The highest BCUT2D eigenvalue weighted by atomic mass is 79.9. The predicted octanol–water partition coefficient (Wildman–Crippen LogP) is 2.77. The average molecular weight is 307 g/mol. The first-order valence-corrected chi connectivity index (χ1v) is 6.13. The van der Waals surface area contributed by atoms with Crippen molar-refractivity contribution in [3.8, 4) is 0 Å². The number of hydrogen-bond donors (Lipinski definition) is 1. The average Bonchev–Trinajstić information content (AvgIpc) is 2.81. The summed E-state index contributed by atoms with van der Waals surface area (Å²) in [5, 5.41) is 2.76. The van der Waals surface area contributed by atoms with Gasteiger partial charge in [-0.1, -0.05) is 6.07 Å². The number of amides is 1. The molecule has 4 nitrogen and oxygen atoms in total. The van der Waals surface area contributed by atoms with Crippen molar-refractivity contribution in [2.24, 2.45) is 0 Å². The van der Waals surface area contributed by atoms with Gasteiger partial charge in [-0.25, -0.2) is 0 Å². The van der Waals surface area contributed by atoms with Gasteiger partial charge in [0.25, 0.3) is 0 Å². The molecule has 0 fully saturated rings. The van der Waals surface area contributed by atoms with Gasteiger partial charge in [0.05, 0.1) is 0 Å². The maximum absolute atomic E-state index is 11.5. The van der Waals surface area contributed by atoms with Crippen LogP contribution in [-0.4, -0.2) is 10.9 Å². The minimum atomic E-state index is -0.175. The van der Waals surface area contributed by atoms with E-state index in [4.69, 9.17) is 4.42 Å². The van der Waals surface area contributed by atoms with E-state index in [0.717, 1.165) is 5.56 Å². The zero-order valence-corrected chi connectivity index (χ0v) is 11.1. The fraction of sp³-hybridized carbons (Fsp3) is 0.0769. The van der Waals surface area contributed by atoms with Crippen molar-refractivity contribution < 1.29 is 9.21 Å². The lowest BCUT2D eigenvalue weighted by molar-refractivity contribution is -0.116. The zero-order chi connectivity index (χ0) is 12.8. The molecule has 0 aliphatic heterocycles. The summed E-state index contributed by atoms with van der Waals surface area (Å²) in [7, 11) is 0. The normalized spacial score (nSPS) is 10.7. The Kier molecular flexibility index (Phi) is 4.30. The molecule has 0 aromatic carbocycles. The molecule has 1 amide bonds. The third-order valence-electron chi connectivity index (χ3n) is 2.18. The van der Waals surface area contributed by atoms with Crippen LogP contribution in [0.4, 0.5) is 0 Å². The molecule has 0 aliphatic rings. The molecule has 2 rings (SSSR count). The number of nitrogens with one attached hydrogen (secondary N) is 1. The number of halogens is 1. The van der Waals surface area contributed by atoms with Gasteiger partial charge in [-0.2, -0.15) is 0 Å². The van der Waals surface area contributed by atoms with E-state index < -0.39 is 0 Å². The van der Waals surface area contributed by atoms with E-state index in [0.29, 0.717) is 17.0 Å². The second-order valence-electron chi connectivity index (χ2n) is 3.55. The van der Waals surface area contributed by atoms with E-state index in [9.17, 15) is 4.79 Å². The van der Waals surface area contributed by atoms with Gasteiger partial charge in [-0.05, 0) is 45.8 Å². The summed E-state index contributed by atoms with van der Waals surface area (Å²) in [4.78, 5) is 15.5. The summed E-state index contributed by atoms with van der Waals surface area (Å²) in [5.41, 5.74) is 0.958. The molecule has 0 spiro atoms. The van der Waals surface area contributed by atoms with Crippen LogP contribution in [0, 0.1) is 0 Å². The minimum absolute atomic E-state index is 0.175. The van der Waals surface area contributed by atoms with E-state index in [-0.39, 0.29) is 5.91 Å². The molecule has 0 saturated heterocycles. The zero-order valence-electron chi connectivity index (χ0n) is 9.47. The molecule has 0 aliphatic carbocycles. The molecule has 0 bridgehead atoms. The molecular formula is C13H11BrN2O2. The van der Waals surface area contributed by atoms with Gasteiger partial charge in [0.2, 0.25) is 5.91 Å². The second kappa shape index (κ2) is 6.16. The van der Waals surface area contributed by atoms with Crippen molar-refractivity contribution in [3.63, 3.8) is 0 Å². The van der Waals surface area contributed by atoms with Gasteiger partial charge < -0.3 is 9.73 Å². The Labute approximate surface area is 113 Å². The quantitative estimate of drug-likeness (QED) is 0.884. The SMILES string of the molecule is O=C(/C=C/c1ccc(Br)o1)NCc1cccnc1. The first-order chi connectivity index (χ1) is 8.74. The number of aromatic nitrogens is 1. The Balaban J connectivity index is 1.84. The summed E-state index contributed by atoms with van der Waals surface area (Å²) >= 11 is 3.19. The molecular weight excluding hydrogens is 296 g/mol. The summed E-state index contributed by atoms with van der Waals surface area (Å²) in [5.74, 6) is 0.449. The first-order valence-electron chi connectivity index (χ1n) is 5.34. The minimum Gasteiger partial charge on any atom is -0.450 e. The summed E-state index contributed by atoms with van der Waals surface area (Å²) in [6, 6.07) is 7.28. The number of rotatable bonds is 4. The predicted molar refractivity (Wildman–Crippen MR) is 71.5 cm³/mol. The lowest BCUT2D eigenvalue weighted by Crippen LogP contribution is -2.20. The van der Waals surface area contributed by atoms with E-state index in [1.165, 1.54) is 6.08 Å².